The van der Waals surface area contributed by atoms with Crippen molar-refractivity contribution in [3.63, 3.8) is 0 Å². The number of aromatic nitrogens is 4. The van der Waals surface area contributed by atoms with E-state index in [0.717, 1.165) is 55.6 Å². The number of ether oxygens (including phenoxy) is 1. The maximum atomic E-state index is 6.57. The predicted molar refractivity (Wildman–Crippen MR) is 230 cm³/mol. The molecule has 3 heterocycles. The third-order valence-corrected chi connectivity index (χ3v) is 10.6. The molecule has 0 fully saturated rings. The van der Waals surface area contributed by atoms with Gasteiger partial charge < -0.3 is 13.9 Å². The van der Waals surface area contributed by atoms with Crippen LogP contribution in [-0.2, 0) is 26.5 Å². The quantitative estimate of drug-likeness (QED) is 0.118. The van der Waals surface area contributed by atoms with Crippen LogP contribution in [-0.4, -0.2) is 14.1 Å². The Labute approximate surface area is 352 Å². The average molecular weight is 930 g/mol. The first-order chi connectivity index (χ1) is 27.9. The first kappa shape index (κ1) is 37.0. The monoisotopic (exact) mass is 929 g/mol. The van der Waals surface area contributed by atoms with Gasteiger partial charge in [-0.3, -0.25) is 4.57 Å². The minimum absolute atomic E-state index is 0. The fraction of sp³-hybridized carbons (Fsp3) is 0.0769. The summed E-state index contributed by atoms with van der Waals surface area (Å²) in [5.41, 5.74) is 11.7. The molecule has 6 heteroatoms. The molecule has 0 atom stereocenters. The maximum Gasteiger partial charge on any atom is 0.268 e. The molecule has 10 rings (SSSR count). The summed E-state index contributed by atoms with van der Waals surface area (Å²) in [7, 11) is 0. The second-order valence-electron chi connectivity index (χ2n) is 15.4. The molecule has 0 aliphatic carbocycles. The van der Waals surface area contributed by atoms with E-state index in [1.54, 1.807) is 0 Å². The van der Waals surface area contributed by atoms with Gasteiger partial charge >= 0.3 is 0 Å². The summed E-state index contributed by atoms with van der Waals surface area (Å²) >= 11 is 0. The van der Waals surface area contributed by atoms with Crippen molar-refractivity contribution in [1.29, 1.82) is 0 Å². The summed E-state index contributed by atoms with van der Waals surface area (Å²) in [6, 6.07) is 66.0. The molecule has 0 saturated heterocycles. The van der Waals surface area contributed by atoms with Gasteiger partial charge in [-0.25, -0.2) is 4.98 Å². The average Bonchev–Trinajstić information content (AvgIpc) is 3.80. The number of hydrogen-bond donors (Lipinski definition) is 0. The number of nitrogens with zero attached hydrogens (tertiary/aromatic N) is 4. The minimum Gasteiger partial charge on any atom is -0.510 e. The smallest absolute Gasteiger partial charge is 0.268 e. The molecule has 0 aliphatic rings. The molecule has 0 aliphatic heterocycles. The van der Waals surface area contributed by atoms with Gasteiger partial charge in [-0.1, -0.05) is 135 Å². The molecule has 0 unspecified atom stereocenters. The van der Waals surface area contributed by atoms with Crippen LogP contribution in [0.2, 0.25) is 0 Å². The van der Waals surface area contributed by atoms with Gasteiger partial charge in [0.25, 0.3) is 6.33 Å². The molecule has 0 bridgehead atoms. The van der Waals surface area contributed by atoms with Gasteiger partial charge in [0.05, 0.1) is 16.7 Å². The zero-order chi connectivity index (χ0) is 38.5. The van der Waals surface area contributed by atoms with E-state index in [4.69, 9.17) is 9.72 Å². The van der Waals surface area contributed by atoms with Crippen LogP contribution in [0.15, 0.2) is 176 Å². The molecule has 0 saturated carbocycles. The first-order valence-electron chi connectivity index (χ1n) is 19.2. The van der Waals surface area contributed by atoms with Crippen molar-refractivity contribution >= 4 is 32.8 Å². The van der Waals surface area contributed by atoms with Crippen LogP contribution >= 0.6 is 0 Å². The molecular weight excluding hydrogens is 892 g/mol. The van der Waals surface area contributed by atoms with Crippen LogP contribution in [0.25, 0.3) is 72.3 Å². The Hall–Kier alpha value is -6.55. The summed E-state index contributed by atoms with van der Waals surface area (Å²) in [6.07, 6.45) is 5.50. The molecule has 7 aromatic carbocycles. The second-order valence-corrected chi connectivity index (χ2v) is 15.4. The Balaban J connectivity index is 0.00000436. The molecule has 284 valence electrons. The van der Waals surface area contributed by atoms with E-state index in [0.29, 0.717) is 11.5 Å². The van der Waals surface area contributed by atoms with E-state index in [1.165, 1.54) is 22.3 Å². The Morgan fingerprint density at radius 2 is 1.29 bits per heavy atom. The Bertz CT molecular complexity index is 3070. The first-order valence-corrected chi connectivity index (χ1v) is 19.2. The Morgan fingerprint density at radius 3 is 2.05 bits per heavy atom. The number of fused-ring (bicyclic) bond motifs is 4. The largest absolute Gasteiger partial charge is 0.510 e. The van der Waals surface area contributed by atoms with E-state index in [2.05, 4.69) is 174 Å². The molecule has 0 radical (unpaired) electrons. The second kappa shape index (κ2) is 15.1. The van der Waals surface area contributed by atoms with Gasteiger partial charge in [0.1, 0.15) is 5.82 Å². The van der Waals surface area contributed by atoms with Crippen molar-refractivity contribution in [3.05, 3.63) is 200 Å². The predicted octanol–water partition coefficient (Wildman–Crippen LogP) is 12.2. The zero-order valence-corrected chi connectivity index (χ0v) is 34.5. The fourth-order valence-electron chi connectivity index (χ4n) is 7.66. The van der Waals surface area contributed by atoms with Gasteiger partial charge in [-0.05, 0) is 74.6 Å². The van der Waals surface area contributed by atoms with Crippen LogP contribution in [0, 0.1) is 18.5 Å². The van der Waals surface area contributed by atoms with Gasteiger partial charge in [-0.15, -0.1) is 29.7 Å². The minimum atomic E-state index is -0.0466. The summed E-state index contributed by atoms with van der Waals surface area (Å²) in [5, 5.41) is 2.20. The maximum absolute atomic E-state index is 6.57. The van der Waals surface area contributed by atoms with Gasteiger partial charge in [0.15, 0.2) is 0 Å². The van der Waals surface area contributed by atoms with Crippen molar-refractivity contribution in [2.75, 3.05) is 0 Å². The summed E-state index contributed by atoms with van der Waals surface area (Å²) < 4.78 is 12.9. The van der Waals surface area contributed by atoms with Crippen LogP contribution in [0.4, 0.5) is 0 Å². The van der Waals surface area contributed by atoms with Crippen molar-refractivity contribution in [1.82, 2.24) is 14.1 Å². The Morgan fingerprint density at radius 1 is 0.569 bits per heavy atom. The van der Waals surface area contributed by atoms with Crippen LogP contribution in [0.3, 0.4) is 0 Å². The van der Waals surface area contributed by atoms with Crippen LogP contribution in [0.5, 0.6) is 11.5 Å². The van der Waals surface area contributed by atoms with E-state index in [-0.39, 0.29) is 26.5 Å². The fourth-order valence-corrected chi connectivity index (χ4v) is 7.66. The normalized spacial score (nSPS) is 11.6. The van der Waals surface area contributed by atoms with Crippen molar-refractivity contribution in [2.45, 2.75) is 26.2 Å². The molecule has 3 aromatic heterocycles. The van der Waals surface area contributed by atoms with Gasteiger partial charge in [0.2, 0.25) is 0 Å². The topological polar surface area (TPSA) is 35.9 Å². The molecule has 10 aromatic rings. The van der Waals surface area contributed by atoms with Crippen molar-refractivity contribution in [3.8, 4) is 50.9 Å². The van der Waals surface area contributed by atoms with E-state index < -0.39 is 0 Å². The van der Waals surface area contributed by atoms with Crippen molar-refractivity contribution < 1.29 is 30.4 Å². The number of benzene rings is 7. The molecular formula is C52H38N4OPt-2. The zero-order valence-electron chi connectivity index (χ0n) is 32.3. The van der Waals surface area contributed by atoms with E-state index in [1.807, 2.05) is 54.7 Å². The van der Waals surface area contributed by atoms with E-state index in [9.17, 15) is 0 Å². The van der Waals surface area contributed by atoms with Crippen LogP contribution < -0.4 is 9.30 Å². The number of pyridine rings is 1. The summed E-state index contributed by atoms with van der Waals surface area (Å²) in [4.78, 5) is 4.73. The third kappa shape index (κ3) is 6.82. The summed E-state index contributed by atoms with van der Waals surface area (Å²) in [5.74, 6) is 1.98. The SMILES string of the molecule is CC(C)(C)c1cc(-c2ccccc2)cc(-[n+]2[c-]n(-c3[c-]c(Oc4[c-]c5c(cc4)c4cc(-c6ccccc6)ccc4n5-c4ccccn4)ccc3)c3ccccc32)c1.[Pt]. The van der Waals surface area contributed by atoms with Gasteiger partial charge in [-0.2, -0.15) is 18.2 Å². The standard InChI is InChI=1S/C52H38N4O.Pt/c1-52(2,3)40-29-39(37-17-8-5-9-18-37)30-42(32-40)55-35-54(48-21-10-11-22-49(48)55)41-19-14-20-43(33-41)57-44-25-26-45-46-31-38(36-15-6-4-7-16-36)24-27-47(46)56(50(45)34-44)51-23-12-13-28-53-51;/h4-32H,1-3H3;/q-2;. The number of imidazole rings is 1. The molecule has 0 spiro atoms. The molecule has 0 amide bonds. The molecule has 5 nitrogen and oxygen atoms in total. The van der Waals surface area contributed by atoms with Crippen molar-refractivity contribution in [2.24, 2.45) is 0 Å². The number of rotatable bonds is 7. The third-order valence-electron chi connectivity index (χ3n) is 10.6. The molecule has 0 N–H and O–H groups in total. The van der Waals surface area contributed by atoms with Crippen LogP contribution in [0.1, 0.15) is 26.3 Å². The number of hydrogen-bond acceptors (Lipinski definition) is 2. The van der Waals surface area contributed by atoms with E-state index >= 15 is 0 Å². The number of para-hydroxylation sites is 2. The van der Waals surface area contributed by atoms with Gasteiger partial charge in [0, 0.05) is 44.3 Å². The Kier molecular flexibility index (Phi) is 9.63. The molecule has 58 heavy (non-hydrogen) atoms. The summed E-state index contributed by atoms with van der Waals surface area (Å²) in [6.45, 7) is 6.77.